The fourth-order valence-corrected chi connectivity index (χ4v) is 4.63. The Morgan fingerprint density at radius 2 is 1.58 bits per heavy atom. The zero-order chi connectivity index (χ0) is 22.9. The second kappa shape index (κ2) is 8.61. The summed E-state index contributed by atoms with van der Waals surface area (Å²) in [4.78, 5) is 56.9. The van der Waals surface area contributed by atoms with Crippen molar-refractivity contribution in [1.82, 2.24) is 14.5 Å². The van der Waals surface area contributed by atoms with Crippen molar-refractivity contribution in [3.63, 3.8) is 0 Å². The van der Waals surface area contributed by atoms with Crippen LogP contribution in [0.4, 0.5) is 5.69 Å². The van der Waals surface area contributed by atoms with Crippen molar-refractivity contribution in [2.45, 2.75) is 32.2 Å². The van der Waals surface area contributed by atoms with Gasteiger partial charge in [-0.1, -0.05) is 12.1 Å². The van der Waals surface area contributed by atoms with Crippen LogP contribution in [0.15, 0.2) is 59.7 Å². The van der Waals surface area contributed by atoms with E-state index in [0.29, 0.717) is 47.7 Å². The summed E-state index contributed by atoms with van der Waals surface area (Å²) in [6.07, 6.45) is 3.69. The number of hydrogen-bond acceptors (Lipinski definition) is 5. The van der Waals surface area contributed by atoms with Gasteiger partial charge in [0.05, 0.1) is 22.9 Å². The molecule has 0 N–H and O–H groups in total. The van der Waals surface area contributed by atoms with E-state index < -0.39 is 0 Å². The molecule has 3 aromatic rings. The van der Waals surface area contributed by atoms with Crippen LogP contribution in [0.5, 0.6) is 0 Å². The van der Waals surface area contributed by atoms with Gasteiger partial charge in [0.15, 0.2) is 0 Å². The molecule has 2 saturated heterocycles. The number of imide groups is 1. The molecule has 0 spiro atoms. The van der Waals surface area contributed by atoms with Crippen molar-refractivity contribution in [3.05, 3.63) is 70.8 Å². The third kappa shape index (κ3) is 4.04. The van der Waals surface area contributed by atoms with Gasteiger partial charge in [0.1, 0.15) is 0 Å². The summed E-state index contributed by atoms with van der Waals surface area (Å²) in [7, 11) is 0. The van der Waals surface area contributed by atoms with Gasteiger partial charge in [-0.25, -0.2) is 4.98 Å². The number of rotatable bonds is 4. The molecule has 2 aliphatic heterocycles. The van der Waals surface area contributed by atoms with E-state index in [1.165, 1.54) is 4.90 Å². The number of aromatic nitrogens is 2. The van der Waals surface area contributed by atoms with Crippen LogP contribution in [0.2, 0.25) is 0 Å². The summed E-state index contributed by atoms with van der Waals surface area (Å²) < 4.78 is 1.67. The Labute approximate surface area is 190 Å². The molecule has 0 bridgehead atoms. The highest BCUT2D eigenvalue weighted by molar-refractivity contribution is 6.19. The average Bonchev–Trinajstić information content (AvgIpc) is 3.19. The smallest absolute Gasteiger partial charge is 0.261 e. The Balaban J connectivity index is 1.21. The van der Waals surface area contributed by atoms with Crippen LogP contribution in [0.25, 0.3) is 10.9 Å². The number of piperidine rings is 1. The fraction of sp³-hybridized carbons (Fsp3) is 0.320. The van der Waals surface area contributed by atoms with E-state index in [1.54, 1.807) is 41.2 Å². The summed E-state index contributed by atoms with van der Waals surface area (Å²) >= 11 is 0. The highest BCUT2D eigenvalue weighted by Crippen LogP contribution is 2.25. The normalized spacial score (nSPS) is 17.2. The predicted molar refractivity (Wildman–Crippen MR) is 123 cm³/mol. The first-order chi connectivity index (χ1) is 16.0. The Hall–Kier alpha value is -3.81. The summed E-state index contributed by atoms with van der Waals surface area (Å²) in [5, 5.41) is 0.619. The highest BCUT2D eigenvalue weighted by Gasteiger charge is 2.30. The lowest BCUT2D eigenvalue weighted by atomic mass is 9.96. The molecule has 168 valence electrons. The number of fused-ring (bicyclic) bond motifs is 1. The first kappa shape index (κ1) is 21.1. The van der Waals surface area contributed by atoms with Crippen molar-refractivity contribution >= 4 is 34.3 Å². The van der Waals surface area contributed by atoms with Gasteiger partial charge in [-0.05, 0) is 55.2 Å². The van der Waals surface area contributed by atoms with Crippen LogP contribution in [-0.2, 0) is 16.1 Å². The molecule has 5 rings (SSSR count). The molecule has 3 heterocycles. The van der Waals surface area contributed by atoms with Crippen molar-refractivity contribution in [3.8, 4) is 0 Å². The van der Waals surface area contributed by atoms with E-state index >= 15 is 0 Å². The van der Waals surface area contributed by atoms with Crippen LogP contribution in [0.3, 0.4) is 0 Å². The van der Waals surface area contributed by atoms with Gasteiger partial charge in [0, 0.05) is 38.0 Å². The van der Waals surface area contributed by atoms with Gasteiger partial charge in [-0.2, -0.15) is 0 Å². The maximum atomic E-state index is 12.9. The molecule has 8 nitrogen and oxygen atoms in total. The Morgan fingerprint density at radius 1 is 0.909 bits per heavy atom. The van der Waals surface area contributed by atoms with E-state index in [0.717, 1.165) is 12.8 Å². The van der Waals surface area contributed by atoms with Crippen molar-refractivity contribution in [2.75, 3.05) is 18.0 Å². The largest absolute Gasteiger partial charge is 0.339 e. The molecule has 3 amide bonds. The summed E-state index contributed by atoms with van der Waals surface area (Å²) in [5.41, 5.74) is 1.70. The average molecular weight is 444 g/mol. The molecule has 0 saturated carbocycles. The number of likely N-dealkylation sites (tertiary alicyclic amines) is 1. The van der Waals surface area contributed by atoms with Crippen LogP contribution < -0.4 is 10.5 Å². The number of carbonyl (C=O) groups excluding carboxylic acids is 3. The number of para-hydroxylation sites is 1. The number of nitrogens with zero attached hydrogens (tertiary/aromatic N) is 4. The van der Waals surface area contributed by atoms with Crippen LogP contribution in [0, 0.1) is 5.92 Å². The maximum absolute atomic E-state index is 12.9. The molecule has 1 aromatic heterocycles. The van der Waals surface area contributed by atoms with Gasteiger partial charge in [-0.15, -0.1) is 0 Å². The van der Waals surface area contributed by atoms with E-state index in [2.05, 4.69) is 4.98 Å². The Morgan fingerprint density at radius 3 is 2.27 bits per heavy atom. The molecule has 33 heavy (non-hydrogen) atoms. The zero-order valence-electron chi connectivity index (χ0n) is 18.1. The molecule has 0 atom stereocenters. The van der Waals surface area contributed by atoms with Crippen molar-refractivity contribution in [1.29, 1.82) is 0 Å². The molecule has 2 aromatic carbocycles. The van der Waals surface area contributed by atoms with E-state index in [4.69, 9.17) is 0 Å². The molecule has 2 fully saturated rings. The fourth-order valence-electron chi connectivity index (χ4n) is 4.63. The third-order valence-electron chi connectivity index (χ3n) is 6.51. The Kier molecular flexibility index (Phi) is 5.50. The summed E-state index contributed by atoms with van der Waals surface area (Å²) in [6, 6.07) is 14.0. The molecular weight excluding hydrogens is 420 g/mol. The van der Waals surface area contributed by atoms with Crippen LogP contribution in [0.1, 0.15) is 36.0 Å². The second-order valence-corrected chi connectivity index (χ2v) is 8.62. The molecular formula is C25H24N4O4. The highest BCUT2D eigenvalue weighted by atomic mass is 16.2. The maximum Gasteiger partial charge on any atom is 0.261 e. The number of hydrogen-bond donors (Lipinski definition) is 0. The van der Waals surface area contributed by atoms with Crippen molar-refractivity contribution in [2.24, 2.45) is 5.92 Å². The minimum atomic E-state index is -0.207. The number of amides is 3. The van der Waals surface area contributed by atoms with E-state index in [-0.39, 0.29) is 36.1 Å². The monoisotopic (exact) mass is 444 g/mol. The minimum absolute atomic E-state index is 0.0332. The standard InChI is InChI=1S/C25H24N4O4/c30-22-9-10-23(31)29(22)19-7-5-18(6-8-19)24(32)27-13-11-17(12-14-27)15-28-16-26-21-4-2-1-3-20(21)25(28)33/h1-8,16-17H,9-15H2. The third-order valence-corrected chi connectivity index (χ3v) is 6.51. The minimum Gasteiger partial charge on any atom is -0.339 e. The lowest BCUT2D eigenvalue weighted by Crippen LogP contribution is -2.40. The molecule has 0 unspecified atom stereocenters. The van der Waals surface area contributed by atoms with Crippen LogP contribution >= 0.6 is 0 Å². The first-order valence-electron chi connectivity index (χ1n) is 11.2. The van der Waals surface area contributed by atoms with Crippen molar-refractivity contribution < 1.29 is 14.4 Å². The lowest BCUT2D eigenvalue weighted by molar-refractivity contribution is -0.121. The molecule has 0 aliphatic carbocycles. The predicted octanol–water partition coefficient (Wildman–Crippen LogP) is 2.60. The SMILES string of the molecule is O=C(c1ccc(N2C(=O)CCC2=O)cc1)N1CCC(Cn2cnc3ccccc3c2=O)CC1. The quantitative estimate of drug-likeness (QED) is 0.577. The number of carbonyl (C=O) groups is 3. The first-order valence-corrected chi connectivity index (χ1v) is 11.2. The Bertz CT molecular complexity index is 1270. The summed E-state index contributed by atoms with van der Waals surface area (Å²) in [6.45, 7) is 1.82. The van der Waals surface area contributed by atoms with Gasteiger partial charge in [0.25, 0.3) is 11.5 Å². The van der Waals surface area contributed by atoms with E-state index in [9.17, 15) is 19.2 Å². The molecule has 2 aliphatic rings. The van der Waals surface area contributed by atoms with Gasteiger partial charge < -0.3 is 4.90 Å². The summed E-state index contributed by atoms with van der Waals surface area (Å²) in [5.74, 6) is -0.184. The van der Waals surface area contributed by atoms with Gasteiger partial charge >= 0.3 is 0 Å². The second-order valence-electron chi connectivity index (χ2n) is 8.62. The number of benzene rings is 2. The zero-order valence-corrected chi connectivity index (χ0v) is 18.1. The number of anilines is 1. The van der Waals surface area contributed by atoms with Gasteiger partial charge in [-0.3, -0.25) is 28.6 Å². The van der Waals surface area contributed by atoms with Crippen LogP contribution in [-0.4, -0.2) is 45.3 Å². The lowest BCUT2D eigenvalue weighted by Gasteiger charge is -2.32. The van der Waals surface area contributed by atoms with E-state index in [1.807, 2.05) is 23.1 Å². The molecule has 0 radical (unpaired) electrons. The topological polar surface area (TPSA) is 92.6 Å². The molecule has 8 heteroatoms. The van der Waals surface area contributed by atoms with Gasteiger partial charge in [0.2, 0.25) is 11.8 Å².